The number of hydrogen-bond donors (Lipinski definition) is 1. The first kappa shape index (κ1) is 12.0. The lowest BCUT2D eigenvalue weighted by Gasteiger charge is -2.18. The molecule has 3 nitrogen and oxygen atoms in total. The maximum Gasteiger partial charge on any atom is 0.309 e. The number of aliphatic carboxylic acids is 1. The number of rotatable bonds is 5. The van der Waals surface area contributed by atoms with E-state index in [9.17, 15) is 4.79 Å². The fourth-order valence-corrected chi connectivity index (χ4v) is 2.13. The number of hydrogen-bond acceptors (Lipinski definition) is 3. The lowest BCUT2D eigenvalue weighted by Crippen LogP contribution is -2.24. The van der Waals surface area contributed by atoms with Crippen LogP contribution in [0.5, 0.6) is 0 Å². The second kappa shape index (κ2) is 5.16. The summed E-state index contributed by atoms with van der Waals surface area (Å²) in [6.07, 6.45) is 4.14. The summed E-state index contributed by atoms with van der Waals surface area (Å²) in [6.45, 7) is 3.50. The zero-order chi connectivity index (χ0) is 11.3. The molecule has 0 saturated carbocycles. The molecule has 0 radical (unpaired) electrons. The van der Waals surface area contributed by atoms with Gasteiger partial charge in [-0.25, -0.2) is 0 Å². The number of nitrogens with zero attached hydrogens (tertiary/aromatic N) is 1. The largest absolute Gasteiger partial charge is 0.481 e. The Balaban J connectivity index is 2.37. The third-order valence-corrected chi connectivity index (χ3v) is 3.24. The molecule has 0 aliphatic rings. The lowest BCUT2D eigenvalue weighted by atomic mass is 9.91. The Bertz CT molecular complexity index is 325. The second-order valence-corrected chi connectivity index (χ2v) is 5.14. The van der Waals surface area contributed by atoms with E-state index in [1.165, 1.54) is 0 Å². The first-order valence-corrected chi connectivity index (χ1v) is 5.77. The maximum absolute atomic E-state index is 10.8. The zero-order valence-electron chi connectivity index (χ0n) is 8.93. The molecule has 15 heavy (non-hydrogen) atoms. The number of carboxylic acids is 1. The molecule has 0 aromatic carbocycles. The van der Waals surface area contributed by atoms with Crippen molar-refractivity contribution in [1.29, 1.82) is 0 Å². The average Bonchev–Trinajstić information content (AvgIpc) is 2.19. The molecule has 4 heteroatoms. The predicted octanol–water partition coefficient (Wildman–Crippen LogP) is 2.67. The number of thioether (sulfide) groups is 1. The molecule has 0 aliphatic carbocycles. The summed E-state index contributed by atoms with van der Waals surface area (Å²) in [7, 11) is 0. The fraction of sp³-hybridized carbons (Fsp3) is 0.455. The van der Waals surface area contributed by atoms with Crippen molar-refractivity contribution in [3.8, 4) is 0 Å². The van der Waals surface area contributed by atoms with E-state index in [2.05, 4.69) is 4.98 Å². The Kier molecular flexibility index (Phi) is 4.15. The summed E-state index contributed by atoms with van der Waals surface area (Å²) in [5, 5.41) is 8.92. The van der Waals surface area contributed by atoms with Gasteiger partial charge in [-0.1, -0.05) is 0 Å². The van der Waals surface area contributed by atoms with E-state index in [0.717, 1.165) is 10.6 Å². The van der Waals surface area contributed by atoms with E-state index in [-0.39, 0.29) is 0 Å². The molecule has 0 bridgehead atoms. The van der Waals surface area contributed by atoms with Gasteiger partial charge in [0.25, 0.3) is 0 Å². The molecular formula is C11H15NO2S. The molecule has 1 N–H and O–H groups in total. The molecule has 0 fully saturated rings. The first-order valence-electron chi connectivity index (χ1n) is 4.78. The summed E-state index contributed by atoms with van der Waals surface area (Å²) in [4.78, 5) is 15.9. The first-order chi connectivity index (χ1) is 7.02. The summed E-state index contributed by atoms with van der Waals surface area (Å²) in [6, 6.07) is 3.86. The van der Waals surface area contributed by atoms with Crippen LogP contribution in [0.1, 0.15) is 20.3 Å². The monoisotopic (exact) mass is 225 g/mol. The quantitative estimate of drug-likeness (QED) is 0.783. The van der Waals surface area contributed by atoms with Crippen LogP contribution in [-0.2, 0) is 4.79 Å². The van der Waals surface area contributed by atoms with Gasteiger partial charge in [0.1, 0.15) is 0 Å². The molecule has 1 aromatic rings. The van der Waals surface area contributed by atoms with Crippen molar-refractivity contribution in [2.24, 2.45) is 5.41 Å². The van der Waals surface area contributed by atoms with Gasteiger partial charge in [-0.15, -0.1) is 11.8 Å². The Morgan fingerprint density at radius 2 is 2.07 bits per heavy atom. The Morgan fingerprint density at radius 3 is 2.60 bits per heavy atom. The van der Waals surface area contributed by atoms with Gasteiger partial charge in [-0.2, -0.15) is 0 Å². The molecule has 0 atom stereocenters. The topological polar surface area (TPSA) is 50.2 Å². The predicted molar refractivity (Wildman–Crippen MR) is 61.0 cm³/mol. The van der Waals surface area contributed by atoms with Crippen LogP contribution in [0.4, 0.5) is 0 Å². The van der Waals surface area contributed by atoms with Crippen molar-refractivity contribution in [3.05, 3.63) is 24.5 Å². The van der Waals surface area contributed by atoms with E-state index < -0.39 is 11.4 Å². The third kappa shape index (κ3) is 3.91. The van der Waals surface area contributed by atoms with Gasteiger partial charge in [0.15, 0.2) is 0 Å². The molecule has 82 valence electrons. The van der Waals surface area contributed by atoms with Crippen molar-refractivity contribution < 1.29 is 9.90 Å². The number of pyridine rings is 1. The van der Waals surface area contributed by atoms with Crippen LogP contribution in [0.2, 0.25) is 0 Å². The van der Waals surface area contributed by atoms with Gasteiger partial charge in [-0.05, 0) is 38.2 Å². The molecule has 1 rings (SSSR count). The molecule has 0 aliphatic heterocycles. The molecule has 0 saturated heterocycles. The second-order valence-electron chi connectivity index (χ2n) is 3.97. The van der Waals surface area contributed by atoms with Crippen molar-refractivity contribution >= 4 is 17.7 Å². The smallest absolute Gasteiger partial charge is 0.309 e. The Morgan fingerprint density at radius 1 is 1.47 bits per heavy atom. The number of carboxylic acid groups (broad SMARTS) is 1. The summed E-state index contributed by atoms with van der Waals surface area (Å²) < 4.78 is 0. The highest BCUT2D eigenvalue weighted by Gasteiger charge is 2.26. The van der Waals surface area contributed by atoms with Gasteiger partial charge in [-0.3, -0.25) is 9.78 Å². The molecule has 1 aromatic heterocycles. The van der Waals surface area contributed by atoms with Gasteiger partial charge in [0, 0.05) is 17.3 Å². The van der Waals surface area contributed by atoms with Crippen LogP contribution in [0.25, 0.3) is 0 Å². The molecule has 0 unspecified atom stereocenters. The minimum absolute atomic E-state index is 0.639. The average molecular weight is 225 g/mol. The minimum atomic E-state index is -0.738. The van der Waals surface area contributed by atoms with E-state index in [1.807, 2.05) is 12.1 Å². The van der Waals surface area contributed by atoms with E-state index in [0.29, 0.717) is 6.42 Å². The minimum Gasteiger partial charge on any atom is -0.481 e. The molecular weight excluding hydrogens is 210 g/mol. The Hall–Kier alpha value is -1.03. The van der Waals surface area contributed by atoms with Crippen LogP contribution in [-0.4, -0.2) is 21.8 Å². The summed E-state index contributed by atoms with van der Waals surface area (Å²) >= 11 is 1.66. The number of carbonyl (C=O) groups is 1. The third-order valence-electron chi connectivity index (χ3n) is 2.22. The molecule has 1 heterocycles. The van der Waals surface area contributed by atoms with Crippen LogP contribution >= 0.6 is 11.8 Å². The standard InChI is InChI=1S/C11H15NO2S/c1-11(2,10(13)14)5-8-15-9-3-6-12-7-4-9/h3-4,6-7H,5,8H2,1-2H3,(H,13,14). The Labute approximate surface area is 93.9 Å². The van der Waals surface area contributed by atoms with Crippen LogP contribution in [0.3, 0.4) is 0 Å². The molecule has 0 amide bonds. The lowest BCUT2D eigenvalue weighted by molar-refractivity contribution is -0.146. The van der Waals surface area contributed by atoms with Crippen LogP contribution < -0.4 is 0 Å². The SMILES string of the molecule is CC(C)(CCSc1ccncc1)C(=O)O. The van der Waals surface area contributed by atoms with E-state index in [1.54, 1.807) is 38.0 Å². The normalized spacial score (nSPS) is 11.3. The maximum atomic E-state index is 10.8. The molecule has 0 spiro atoms. The van der Waals surface area contributed by atoms with Crippen molar-refractivity contribution in [1.82, 2.24) is 4.98 Å². The number of aromatic nitrogens is 1. The van der Waals surface area contributed by atoms with Crippen molar-refractivity contribution in [3.63, 3.8) is 0 Å². The van der Waals surface area contributed by atoms with E-state index in [4.69, 9.17) is 5.11 Å². The van der Waals surface area contributed by atoms with Crippen LogP contribution in [0, 0.1) is 5.41 Å². The van der Waals surface area contributed by atoms with Gasteiger partial charge in [0.05, 0.1) is 5.41 Å². The highest BCUT2D eigenvalue weighted by Crippen LogP contribution is 2.26. The van der Waals surface area contributed by atoms with Gasteiger partial charge < -0.3 is 5.11 Å². The van der Waals surface area contributed by atoms with E-state index >= 15 is 0 Å². The van der Waals surface area contributed by atoms with Crippen molar-refractivity contribution in [2.75, 3.05) is 5.75 Å². The van der Waals surface area contributed by atoms with Crippen molar-refractivity contribution in [2.45, 2.75) is 25.2 Å². The van der Waals surface area contributed by atoms with Gasteiger partial charge >= 0.3 is 5.97 Å². The zero-order valence-corrected chi connectivity index (χ0v) is 9.75. The summed E-state index contributed by atoms with van der Waals surface area (Å²) in [5.74, 6) is 0.0707. The summed E-state index contributed by atoms with van der Waals surface area (Å²) in [5.41, 5.74) is -0.639. The fourth-order valence-electron chi connectivity index (χ4n) is 0.965. The highest BCUT2D eigenvalue weighted by molar-refractivity contribution is 7.99. The highest BCUT2D eigenvalue weighted by atomic mass is 32.2. The van der Waals surface area contributed by atoms with Crippen LogP contribution in [0.15, 0.2) is 29.4 Å². The van der Waals surface area contributed by atoms with Gasteiger partial charge in [0.2, 0.25) is 0 Å².